The van der Waals surface area contributed by atoms with Crippen LogP contribution in [0.3, 0.4) is 0 Å². The van der Waals surface area contributed by atoms with E-state index >= 15 is 0 Å². The van der Waals surface area contributed by atoms with Gasteiger partial charge in [0.25, 0.3) is 0 Å². The number of hydrogen-bond acceptors (Lipinski definition) is 4. The standard InChI is InChI=1S/C29H41F2N3O2/c1-19(35)34-26(15-20-13-23(30)17-24(31)14-20)27(36)18-33-29(11-9-25(32-5)10-12-29)22-8-6-7-21(16-22)28(2,3)4/h6-8,13-14,16-17,25-27,32-33,36H,9-12,15,18H2,1-5H3,(H,34,35). The maximum Gasteiger partial charge on any atom is 0.217 e. The summed E-state index contributed by atoms with van der Waals surface area (Å²) in [5.74, 6) is -1.67. The van der Waals surface area contributed by atoms with E-state index in [0.29, 0.717) is 11.6 Å². The molecule has 0 radical (unpaired) electrons. The fourth-order valence-corrected chi connectivity index (χ4v) is 5.22. The zero-order valence-corrected chi connectivity index (χ0v) is 22.1. The Morgan fingerprint density at radius 2 is 1.75 bits per heavy atom. The lowest BCUT2D eigenvalue weighted by Crippen LogP contribution is -2.54. The average molecular weight is 502 g/mol. The Hall–Kier alpha value is -2.35. The van der Waals surface area contributed by atoms with Gasteiger partial charge in [0.2, 0.25) is 5.91 Å². The molecule has 7 heteroatoms. The van der Waals surface area contributed by atoms with E-state index in [0.717, 1.165) is 31.7 Å². The molecule has 1 aliphatic rings. The molecule has 0 aromatic heterocycles. The predicted molar refractivity (Wildman–Crippen MR) is 140 cm³/mol. The van der Waals surface area contributed by atoms with Crippen LogP contribution in [0.4, 0.5) is 8.78 Å². The fraction of sp³-hybridized carbons (Fsp3) is 0.552. The second-order valence-electron chi connectivity index (χ2n) is 11.2. The zero-order valence-electron chi connectivity index (χ0n) is 22.1. The largest absolute Gasteiger partial charge is 0.390 e. The van der Waals surface area contributed by atoms with Crippen LogP contribution < -0.4 is 16.0 Å². The van der Waals surface area contributed by atoms with Crippen molar-refractivity contribution >= 4 is 5.91 Å². The molecular weight excluding hydrogens is 460 g/mol. The molecule has 2 unspecified atom stereocenters. The van der Waals surface area contributed by atoms with Crippen LogP contribution in [-0.2, 0) is 22.2 Å². The van der Waals surface area contributed by atoms with Gasteiger partial charge >= 0.3 is 0 Å². The maximum atomic E-state index is 13.7. The summed E-state index contributed by atoms with van der Waals surface area (Å²) >= 11 is 0. The Kier molecular flexibility index (Phi) is 9.25. The molecule has 198 valence electrons. The van der Waals surface area contributed by atoms with Crippen molar-refractivity contribution in [1.29, 1.82) is 0 Å². The van der Waals surface area contributed by atoms with Gasteiger partial charge in [-0.1, -0.05) is 45.0 Å². The molecule has 0 spiro atoms. The third kappa shape index (κ3) is 7.34. The number of carbonyl (C=O) groups excluding carboxylic acids is 1. The van der Waals surface area contributed by atoms with E-state index in [1.54, 1.807) is 0 Å². The number of aliphatic hydroxyl groups excluding tert-OH is 1. The highest BCUT2D eigenvalue weighted by molar-refractivity contribution is 5.73. The summed E-state index contributed by atoms with van der Waals surface area (Å²) in [5, 5.41) is 21.0. The molecule has 4 N–H and O–H groups in total. The van der Waals surface area contributed by atoms with Crippen molar-refractivity contribution in [3.05, 3.63) is 70.8 Å². The number of halogens is 2. The van der Waals surface area contributed by atoms with Gasteiger partial charge in [0, 0.05) is 31.1 Å². The summed E-state index contributed by atoms with van der Waals surface area (Å²) < 4.78 is 27.5. The Bertz CT molecular complexity index is 1010. The molecular formula is C29H41F2N3O2. The summed E-state index contributed by atoms with van der Waals surface area (Å²) in [6, 6.07) is 11.7. The monoisotopic (exact) mass is 501 g/mol. The number of nitrogens with one attached hydrogen (secondary N) is 3. The summed E-state index contributed by atoms with van der Waals surface area (Å²) in [6.07, 6.45) is 2.96. The molecule has 1 aliphatic carbocycles. The van der Waals surface area contributed by atoms with Gasteiger partial charge < -0.3 is 21.1 Å². The molecule has 1 fully saturated rings. The van der Waals surface area contributed by atoms with E-state index in [1.807, 2.05) is 7.05 Å². The van der Waals surface area contributed by atoms with E-state index in [2.05, 4.69) is 61.0 Å². The van der Waals surface area contributed by atoms with E-state index in [9.17, 15) is 18.7 Å². The van der Waals surface area contributed by atoms with Crippen molar-refractivity contribution in [2.24, 2.45) is 0 Å². The van der Waals surface area contributed by atoms with Gasteiger partial charge in [-0.25, -0.2) is 8.78 Å². The lowest BCUT2D eigenvalue weighted by atomic mass is 9.73. The molecule has 0 heterocycles. The molecule has 2 atom stereocenters. The molecule has 0 aliphatic heterocycles. The molecule has 3 rings (SSSR count). The minimum absolute atomic E-state index is 0.00955. The van der Waals surface area contributed by atoms with Crippen molar-refractivity contribution < 1.29 is 18.7 Å². The van der Waals surface area contributed by atoms with Gasteiger partial charge in [-0.2, -0.15) is 0 Å². The highest BCUT2D eigenvalue weighted by Gasteiger charge is 2.37. The minimum Gasteiger partial charge on any atom is -0.390 e. The number of amides is 1. The first-order chi connectivity index (χ1) is 16.9. The third-order valence-electron chi connectivity index (χ3n) is 7.41. The van der Waals surface area contributed by atoms with Crippen LogP contribution in [-0.4, -0.2) is 42.8 Å². The fourth-order valence-electron chi connectivity index (χ4n) is 5.22. The van der Waals surface area contributed by atoms with Crippen molar-refractivity contribution in [2.45, 2.75) is 88.9 Å². The minimum atomic E-state index is -0.954. The maximum absolute atomic E-state index is 13.7. The highest BCUT2D eigenvalue weighted by Crippen LogP contribution is 2.39. The van der Waals surface area contributed by atoms with E-state index < -0.39 is 23.8 Å². The first kappa shape index (κ1) is 28.2. The first-order valence-electron chi connectivity index (χ1n) is 12.9. The summed E-state index contributed by atoms with van der Waals surface area (Å²) in [5.41, 5.74) is 2.52. The Labute approximate surface area is 214 Å². The van der Waals surface area contributed by atoms with Gasteiger partial charge in [0.1, 0.15) is 11.6 Å². The normalized spacial score (nSPS) is 22.2. The average Bonchev–Trinajstić information content (AvgIpc) is 2.81. The molecule has 5 nitrogen and oxygen atoms in total. The molecule has 2 aromatic carbocycles. The Morgan fingerprint density at radius 1 is 1.11 bits per heavy atom. The second-order valence-corrected chi connectivity index (χ2v) is 11.2. The Morgan fingerprint density at radius 3 is 2.31 bits per heavy atom. The van der Waals surface area contributed by atoms with Crippen LogP contribution in [0.25, 0.3) is 0 Å². The molecule has 1 amide bonds. The summed E-state index contributed by atoms with van der Waals surface area (Å²) in [7, 11) is 1.99. The first-order valence-corrected chi connectivity index (χ1v) is 12.9. The lowest BCUT2D eigenvalue weighted by Gasteiger charge is -2.43. The van der Waals surface area contributed by atoms with Gasteiger partial charge in [0.15, 0.2) is 0 Å². The van der Waals surface area contributed by atoms with Crippen LogP contribution in [0.2, 0.25) is 0 Å². The molecule has 0 bridgehead atoms. The molecule has 2 aromatic rings. The number of aliphatic hydroxyl groups is 1. The topological polar surface area (TPSA) is 73.4 Å². The van der Waals surface area contributed by atoms with Crippen LogP contribution in [0.1, 0.15) is 70.1 Å². The molecule has 0 saturated heterocycles. The van der Waals surface area contributed by atoms with Gasteiger partial charge in [-0.15, -0.1) is 0 Å². The number of carbonyl (C=O) groups is 1. The van der Waals surface area contributed by atoms with Crippen molar-refractivity contribution in [2.75, 3.05) is 13.6 Å². The second kappa shape index (κ2) is 11.8. The zero-order chi connectivity index (χ0) is 26.5. The van der Waals surface area contributed by atoms with Crippen LogP contribution in [0, 0.1) is 11.6 Å². The third-order valence-corrected chi connectivity index (χ3v) is 7.41. The SMILES string of the molecule is CNC1CCC(NCC(O)C(Cc2cc(F)cc(F)c2)NC(C)=O)(c2cccc(C(C)(C)C)c2)CC1. The van der Waals surface area contributed by atoms with E-state index in [1.165, 1.54) is 30.2 Å². The lowest BCUT2D eigenvalue weighted by molar-refractivity contribution is -0.120. The van der Waals surface area contributed by atoms with Crippen molar-refractivity contribution in [3.63, 3.8) is 0 Å². The van der Waals surface area contributed by atoms with E-state index in [-0.39, 0.29) is 29.8 Å². The highest BCUT2D eigenvalue weighted by atomic mass is 19.1. The van der Waals surface area contributed by atoms with Crippen molar-refractivity contribution in [1.82, 2.24) is 16.0 Å². The van der Waals surface area contributed by atoms with Crippen LogP contribution in [0.15, 0.2) is 42.5 Å². The van der Waals surface area contributed by atoms with Crippen LogP contribution >= 0.6 is 0 Å². The van der Waals surface area contributed by atoms with Gasteiger partial charge in [-0.3, -0.25) is 4.79 Å². The predicted octanol–water partition coefficient (Wildman–Crippen LogP) is 4.32. The number of rotatable bonds is 9. The van der Waals surface area contributed by atoms with Gasteiger partial charge in [0.05, 0.1) is 12.1 Å². The van der Waals surface area contributed by atoms with Crippen LogP contribution in [0.5, 0.6) is 0 Å². The number of hydrogen-bond donors (Lipinski definition) is 4. The summed E-state index contributed by atoms with van der Waals surface area (Å²) in [6.45, 7) is 8.19. The quantitative estimate of drug-likeness (QED) is 0.413. The summed E-state index contributed by atoms with van der Waals surface area (Å²) in [4.78, 5) is 11.9. The van der Waals surface area contributed by atoms with Crippen molar-refractivity contribution in [3.8, 4) is 0 Å². The van der Waals surface area contributed by atoms with E-state index in [4.69, 9.17) is 0 Å². The van der Waals surface area contributed by atoms with Gasteiger partial charge in [-0.05, 0) is 73.4 Å². The molecule has 36 heavy (non-hydrogen) atoms. The smallest absolute Gasteiger partial charge is 0.217 e. The molecule has 1 saturated carbocycles. The Balaban J connectivity index is 1.83. The number of benzene rings is 2.